The van der Waals surface area contributed by atoms with Crippen molar-refractivity contribution in [3.63, 3.8) is 0 Å². The Morgan fingerprint density at radius 1 is 1.22 bits per heavy atom. The first kappa shape index (κ1) is 18.5. The van der Waals surface area contributed by atoms with Crippen molar-refractivity contribution < 1.29 is 4.79 Å². The Kier molecular flexibility index (Phi) is 4.87. The van der Waals surface area contributed by atoms with Crippen LogP contribution in [0.15, 0.2) is 55.4 Å². The smallest absolute Gasteiger partial charge is 0.247 e. The molecule has 2 aromatic heterocycles. The maximum absolute atomic E-state index is 11.5. The van der Waals surface area contributed by atoms with E-state index in [1.807, 2.05) is 36.0 Å². The standard InChI is InChI=1S/C23H23N3O/c1-6-21(27)25-19-13-20-17(15-26(5)22(20)24-14-19)10-7-16-8-11-18(12-9-16)23(2,3)4/h6,8-9,11-15H,1H2,2-5H3,(H,25,27). The van der Waals surface area contributed by atoms with Gasteiger partial charge in [0.05, 0.1) is 17.4 Å². The lowest BCUT2D eigenvalue weighted by Crippen LogP contribution is -2.10. The van der Waals surface area contributed by atoms with Gasteiger partial charge in [-0.3, -0.25) is 4.79 Å². The lowest BCUT2D eigenvalue weighted by atomic mass is 9.87. The number of pyridine rings is 1. The first-order valence-corrected chi connectivity index (χ1v) is 8.79. The molecule has 4 nitrogen and oxygen atoms in total. The van der Waals surface area contributed by atoms with Crippen molar-refractivity contribution in [2.75, 3.05) is 5.32 Å². The van der Waals surface area contributed by atoms with Crippen LogP contribution in [-0.4, -0.2) is 15.5 Å². The molecule has 1 aromatic carbocycles. The number of carbonyl (C=O) groups excluding carboxylic acids is 1. The molecule has 136 valence electrons. The highest BCUT2D eigenvalue weighted by atomic mass is 16.1. The molecule has 0 saturated heterocycles. The summed E-state index contributed by atoms with van der Waals surface area (Å²) >= 11 is 0. The molecule has 0 aliphatic carbocycles. The average molecular weight is 357 g/mol. The number of hydrogen-bond acceptors (Lipinski definition) is 2. The second-order valence-electron chi connectivity index (χ2n) is 7.52. The zero-order valence-corrected chi connectivity index (χ0v) is 16.1. The van der Waals surface area contributed by atoms with Crippen molar-refractivity contribution in [3.05, 3.63) is 72.1 Å². The van der Waals surface area contributed by atoms with Crippen molar-refractivity contribution in [2.24, 2.45) is 7.05 Å². The summed E-state index contributed by atoms with van der Waals surface area (Å²) < 4.78 is 1.93. The summed E-state index contributed by atoms with van der Waals surface area (Å²) in [7, 11) is 1.93. The SMILES string of the molecule is C=CC(=O)Nc1cnc2c(c1)c(C#Cc1ccc(C(C)(C)C)cc1)cn2C. The number of nitrogens with one attached hydrogen (secondary N) is 1. The van der Waals surface area contributed by atoms with E-state index >= 15 is 0 Å². The predicted octanol–water partition coefficient (Wildman–Crippen LogP) is 4.40. The van der Waals surface area contributed by atoms with Gasteiger partial charge in [0.1, 0.15) is 5.65 Å². The van der Waals surface area contributed by atoms with Gasteiger partial charge >= 0.3 is 0 Å². The van der Waals surface area contributed by atoms with Crippen molar-refractivity contribution in [3.8, 4) is 11.8 Å². The summed E-state index contributed by atoms with van der Waals surface area (Å²) in [4.78, 5) is 16.0. The molecule has 0 saturated carbocycles. The Hall–Kier alpha value is -3.32. The fourth-order valence-electron chi connectivity index (χ4n) is 2.82. The molecule has 1 amide bonds. The maximum Gasteiger partial charge on any atom is 0.247 e. The highest BCUT2D eigenvalue weighted by Crippen LogP contribution is 2.23. The highest BCUT2D eigenvalue weighted by molar-refractivity contribution is 6.00. The molecule has 3 rings (SSSR count). The average Bonchev–Trinajstić information content (AvgIpc) is 2.95. The number of anilines is 1. The van der Waals surface area contributed by atoms with Crippen LogP contribution in [0.25, 0.3) is 11.0 Å². The number of aryl methyl sites for hydroxylation is 1. The van der Waals surface area contributed by atoms with Gasteiger partial charge in [-0.25, -0.2) is 4.98 Å². The van der Waals surface area contributed by atoms with Gasteiger partial charge < -0.3 is 9.88 Å². The number of fused-ring (bicyclic) bond motifs is 1. The summed E-state index contributed by atoms with van der Waals surface area (Å²) in [5.74, 6) is 6.19. The number of nitrogens with zero attached hydrogens (tertiary/aromatic N) is 2. The Labute approximate surface area is 159 Å². The minimum Gasteiger partial charge on any atom is -0.334 e. The second-order valence-corrected chi connectivity index (χ2v) is 7.52. The van der Waals surface area contributed by atoms with Crippen LogP contribution < -0.4 is 5.32 Å². The molecule has 4 heteroatoms. The maximum atomic E-state index is 11.5. The van der Waals surface area contributed by atoms with Crippen LogP contribution in [-0.2, 0) is 17.3 Å². The normalized spacial score (nSPS) is 11.0. The molecule has 0 fully saturated rings. The summed E-state index contributed by atoms with van der Waals surface area (Å²) in [6, 6.07) is 10.2. The third-order valence-corrected chi connectivity index (χ3v) is 4.36. The molecule has 0 bridgehead atoms. The minimum absolute atomic E-state index is 0.125. The first-order valence-electron chi connectivity index (χ1n) is 8.79. The Balaban J connectivity index is 1.95. The monoisotopic (exact) mass is 357 g/mol. The van der Waals surface area contributed by atoms with Crippen molar-refractivity contribution in [1.82, 2.24) is 9.55 Å². The fraction of sp³-hybridized carbons (Fsp3) is 0.217. The van der Waals surface area contributed by atoms with E-state index in [0.717, 1.165) is 22.2 Å². The number of aromatic nitrogens is 2. The van der Waals surface area contributed by atoms with Crippen LogP contribution in [0.3, 0.4) is 0 Å². The van der Waals surface area contributed by atoms with Crippen LogP contribution in [0.1, 0.15) is 37.5 Å². The molecule has 2 heterocycles. The Morgan fingerprint density at radius 3 is 2.56 bits per heavy atom. The third-order valence-electron chi connectivity index (χ3n) is 4.36. The van der Waals surface area contributed by atoms with Crippen molar-refractivity contribution >= 4 is 22.6 Å². The minimum atomic E-state index is -0.265. The van der Waals surface area contributed by atoms with Gasteiger partial charge in [0.15, 0.2) is 0 Å². The van der Waals surface area contributed by atoms with Gasteiger partial charge in [-0.1, -0.05) is 51.3 Å². The third kappa shape index (κ3) is 4.09. The summed E-state index contributed by atoms with van der Waals surface area (Å²) in [6.45, 7) is 10.0. The van der Waals surface area contributed by atoms with Gasteiger partial charge in [0.2, 0.25) is 5.91 Å². The van der Waals surface area contributed by atoms with E-state index in [9.17, 15) is 4.79 Å². The number of carbonyl (C=O) groups is 1. The second kappa shape index (κ2) is 7.13. The number of rotatable bonds is 2. The van der Waals surface area contributed by atoms with Crippen LogP contribution in [0.2, 0.25) is 0 Å². The lowest BCUT2D eigenvalue weighted by molar-refractivity contribution is -0.111. The molecule has 1 N–H and O–H groups in total. The van der Waals surface area contributed by atoms with E-state index in [-0.39, 0.29) is 11.3 Å². The van der Waals surface area contributed by atoms with Crippen LogP contribution in [0, 0.1) is 11.8 Å². The number of amides is 1. The molecular weight excluding hydrogens is 334 g/mol. The largest absolute Gasteiger partial charge is 0.334 e. The summed E-state index contributed by atoms with van der Waals surface area (Å²) in [6.07, 6.45) is 4.82. The van der Waals surface area contributed by atoms with E-state index in [4.69, 9.17) is 0 Å². The lowest BCUT2D eigenvalue weighted by Gasteiger charge is -2.18. The van der Waals surface area contributed by atoms with Gasteiger partial charge in [-0.15, -0.1) is 0 Å². The number of benzene rings is 1. The molecule has 3 aromatic rings. The van der Waals surface area contributed by atoms with Crippen LogP contribution >= 0.6 is 0 Å². The van der Waals surface area contributed by atoms with E-state index < -0.39 is 0 Å². The molecule has 0 spiro atoms. The molecule has 0 aliphatic rings. The fourth-order valence-corrected chi connectivity index (χ4v) is 2.82. The predicted molar refractivity (Wildman–Crippen MR) is 111 cm³/mol. The van der Waals surface area contributed by atoms with Crippen molar-refractivity contribution in [1.29, 1.82) is 0 Å². The molecule has 0 atom stereocenters. The van der Waals surface area contributed by atoms with Gasteiger partial charge in [-0.05, 0) is 35.3 Å². The van der Waals surface area contributed by atoms with Gasteiger partial charge in [-0.2, -0.15) is 0 Å². The summed E-state index contributed by atoms with van der Waals surface area (Å²) in [5.41, 5.74) is 4.68. The molecule has 0 radical (unpaired) electrons. The Bertz CT molecular complexity index is 1070. The van der Waals surface area contributed by atoms with E-state index in [1.54, 1.807) is 6.20 Å². The summed E-state index contributed by atoms with van der Waals surface area (Å²) in [5, 5.41) is 3.64. The number of hydrogen-bond donors (Lipinski definition) is 1. The molecule has 0 unspecified atom stereocenters. The van der Waals surface area contributed by atoms with Gasteiger partial charge in [0, 0.05) is 24.2 Å². The van der Waals surface area contributed by atoms with Crippen LogP contribution in [0.5, 0.6) is 0 Å². The van der Waals surface area contributed by atoms with E-state index in [0.29, 0.717) is 5.69 Å². The highest BCUT2D eigenvalue weighted by Gasteiger charge is 2.12. The Morgan fingerprint density at radius 2 is 1.93 bits per heavy atom. The van der Waals surface area contributed by atoms with E-state index in [1.165, 1.54) is 11.6 Å². The van der Waals surface area contributed by atoms with Crippen LogP contribution in [0.4, 0.5) is 5.69 Å². The first-order chi connectivity index (χ1) is 12.8. The zero-order valence-electron chi connectivity index (χ0n) is 16.1. The quantitative estimate of drug-likeness (QED) is 0.546. The molecule has 27 heavy (non-hydrogen) atoms. The molecule has 0 aliphatic heterocycles. The zero-order chi connectivity index (χ0) is 19.6. The molecular formula is C23H23N3O. The van der Waals surface area contributed by atoms with Crippen molar-refractivity contribution in [2.45, 2.75) is 26.2 Å². The van der Waals surface area contributed by atoms with E-state index in [2.05, 4.69) is 61.6 Å². The topological polar surface area (TPSA) is 46.9 Å². The van der Waals surface area contributed by atoms with Gasteiger partial charge in [0.25, 0.3) is 0 Å².